The van der Waals surface area contributed by atoms with Gasteiger partial charge < -0.3 is 9.57 Å². The third kappa shape index (κ3) is 2.18. The molecule has 4 aliphatic rings. The Bertz CT molecular complexity index is 447. The first-order valence-corrected chi connectivity index (χ1v) is 7.84. The lowest BCUT2D eigenvalue weighted by atomic mass is 9.50. The quantitative estimate of drug-likeness (QED) is 0.853. The summed E-state index contributed by atoms with van der Waals surface area (Å²) < 4.78 is 6.09. The Balaban J connectivity index is 1.43. The molecule has 0 aromatic heterocycles. The van der Waals surface area contributed by atoms with E-state index in [1.165, 1.54) is 38.5 Å². The van der Waals surface area contributed by atoms with E-state index in [-0.39, 0.29) is 0 Å². The number of nitrogens with two attached hydrogens (primary N) is 1. The van der Waals surface area contributed by atoms with Crippen LogP contribution < -0.4 is 15.5 Å². The molecule has 0 amide bonds. The number of benzene rings is 1. The summed E-state index contributed by atoms with van der Waals surface area (Å²) in [7, 11) is 0. The normalized spacial score (nSPS) is 38.0. The Morgan fingerprint density at radius 3 is 1.90 bits per heavy atom. The summed E-state index contributed by atoms with van der Waals surface area (Å²) in [6.07, 6.45) is 8.64. The molecule has 0 spiro atoms. The largest absolute Gasteiger partial charge is 0.493 e. The molecule has 3 nitrogen and oxygen atoms in total. The molecule has 20 heavy (non-hydrogen) atoms. The van der Waals surface area contributed by atoms with Crippen molar-refractivity contribution in [2.45, 2.75) is 38.5 Å². The first-order chi connectivity index (χ1) is 9.75. The van der Waals surface area contributed by atoms with Crippen LogP contribution in [-0.4, -0.2) is 6.61 Å². The second-order valence-electron chi connectivity index (χ2n) is 7.30. The van der Waals surface area contributed by atoms with Crippen LogP contribution in [0.5, 0.6) is 11.5 Å². The van der Waals surface area contributed by atoms with E-state index in [4.69, 9.17) is 15.5 Å². The molecule has 0 radical (unpaired) electrons. The second-order valence-corrected chi connectivity index (χ2v) is 7.30. The van der Waals surface area contributed by atoms with E-state index in [1.807, 2.05) is 24.3 Å². The zero-order chi connectivity index (χ0) is 13.6. The van der Waals surface area contributed by atoms with Crippen LogP contribution in [0.25, 0.3) is 0 Å². The zero-order valence-electron chi connectivity index (χ0n) is 11.9. The highest BCUT2D eigenvalue weighted by atomic mass is 16.6. The van der Waals surface area contributed by atoms with Gasteiger partial charge in [0.05, 0.1) is 6.61 Å². The van der Waals surface area contributed by atoms with E-state index < -0.39 is 0 Å². The maximum Gasteiger partial charge on any atom is 0.147 e. The van der Waals surface area contributed by atoms with Gasteiger partial charge in [0.2, 0.25) is 0 Å². The average Bonchev–Trinajstić information content (AvgIpc) is 2.44. The molecule has 4 aliphatic carbocycles. The molecule has 2 N–H and O–H groups in total. The highest BCUT2D eigenvalue weighted by molar-refractivity contribution is 5.31. The highest BCUT2D eigenvalue weighted by Gasteiger charge is 2.51. The van der Waals surface area contributed by atoms with Crippen LogP contribution in [0.2, 0.25) is 0 Å². The minimum absolute atomic E-state index is 0.470. The van der Waals surface area contributed by atoms with Crippen LogP contribution in [0.4, 0.5) is 0 Å². The van der Waals surface area contributed by atoms with Crippen molar-refractivity contribution in [1.29, 1.82) is 0 Å². The lowest BCUT2D eigenvalue weighted by Gasteiger charge is -2.56. The minimum atomic E-state index is 0.470. The van der Waals surface area contributed by atoms with Gasteiger partial charge in [0.1, 0.15) is 11.5 Å². The Morgan fingerprint density at radius 1 is 0.900 bits per heavy atom. The summed E-state index contributed by atoms with van der Waals surface area (Å²) in [4.78, 5) is 4.69. The van der Waals surface area contributed by atoms with Gasteiger partial charge in [-0.25, -0.2) is 0 Å². The molecular weight excluding hydrogens is 250 g/mol. The fourth-order valence-electron chi connectivity index (χ4n) is 5.32. The minimum Gasteiger partial charge on any atom is -0.493 e. The molecule has 4 bridgehead atoms. The monoisotopic (exact) mass is 273 g/mol. The van der Waals surface area contributed by atoms with Crippen LogP contribution in [0.3, 0.4) is 0 Å². The summed E-state index contributed by atoms with van der Waals surface area (Å²) in [6, 6.07) is 7.61. The van der Waals surface area contributed by atoms with Gasteiger partial charge in [-0.3, -0.25) is 0 Å². The van der Waals surface area contributed by atoms with Crippen LogP contribution in [0, 0.1) is 23.2 Å². The van der Waals surface area contributed by atoms with Crippen molar-refractivity contribution in [3.63, 3.8) is 0 Å². The van der Waals surface area contributed by atoms with Crippen molar-refractivity contribution in [2.75, 3.05) is 6.61 Å². The van der Waals surface area contributed by atoms with Gasteiger partial charge in [0, 0.05) is 5.41 Å². The van der Waals surface area contributed by atoms with Gasteiger partial charge in [0.15, 0.2) is 0 Å². The Morgan fingerprint density at radius 2 is 1.40 bits per heavy atom. The van der Waals surface area contributed by atoms with E-state index >= 15 is 0 Å². The second kappa shape index (κ2) is 4.66. The van der Waals surface area contributed by atoms with E-state index in [9.17, 15) is 0 Å². The molecule has 0 atom stereocenters. The number of hydrogen-bond donors (Lipinski definition) is 1. The van der Waals surface area contributed by atoms with Crippen LogP contribution in [0.1, 0.15) is 38.5 Å². The standard InChI is InChI=1S/C17H23NO2/c18-20-16-3-1-15(2-4-16)19-11-17-8-12-5-13(9-17)7-14(6-12)10-17/h1-4,12-14H,5-11,18H2. The highest BCUT2D eigenvalue weighted by Crippen LogP contribution is 2.60. The molecule has 1 aromatic rings. The summed E-state index contributed by atoms with van der Waals surface area (Å²) in [6.45, 7) is 0.888. The predicted octanol–water partition coefficient (Wildman–Crippen LogP) is 3.53. The molecule has 0 saturated heterocycles. The maximum atomic E-state index is 6.09. The summed E-state index contributed by atoms with van der Waals surface area (Å²) >= 11 is 0. The average molecular weight is 273 g/mol. The number of rotatable bonds is 4. The molecule has 0 heterocycles. The van der Waals surface area contributed by atoms with E-state index in [2.05, 4.69) is 0 Å². The lowest BCUT2D eigenvalue weighted by Crippen LogP contribution is -2.48. The third-order valence-corrected chi connectivity index (χ3v) is 5.67. The molecule has 4 fully saturated rings. The molecule has 0 aliphatic heterocycles. The molecule has 5 rings (SSSR count). The summed E-state index contributed by atoms with van der Waals surface area (Å²) in [5.74, 6) is 9.69. The first-order valence-electron chi connectivity index (χ1n) is 7.84. The van der Waals surface area contributed by atoms with Crippen molar-refractivity contribution >= 4 is 0 Å². The van der Waals surface area contributed by atoms with Crippen molar-refractivity contribution in [3.05, 3.63) is 24.3 Å². The van der Waals surface area contributed by atoms with Gasteiger partial charge in [-0.15, -0.1) is 0 Å². The SMILES string of the molecule is NOc1ccc(OCC23CC4CC(CC(C4)C2)C3)cc1. The maximum absolute atomic E-state index is 6.09. The summed E-state index contributed by atoms with van der Waals surface area (Å²) in [5, 5.41) is 0. The Kier molecular flexibility index (Phi) is 2.92. The zero-order valence-corrected chi connectivity index (χ0v) is 11.9. The van der Waals surface area contributed by atoms with E-state index in [0.29, 0.717) is 11.2 Å². The topological polar surface area (TPSA) is 44.5 Å². The number of hydrogen-bond acceptors (Lipinski definition) is 3. The van der Waals surface area contributed by atoms with E-state index in [0.717, 1.165) is 30.1 Å². The van der Waals surface area contributed by atoms with Gasteiger partial charge in [-0.1, -0.05) is 0 Å². The van der Waals surface area contributed by atoms with Gasteiger partial charge in [0.25, 0.3) is 0 Å². The van der Waals surface area contributed by atoms with Crippen LogP contribution in [-0.2, 0) is 0 Å². The third-order valence-electron chi connectivity index (χ3n) is 5.67. The summed E-state index contributed by atoms with van der Waals surface area (Å²) in [5.41, 5.74) is 0.470. The molecule has 4 saturated carbocycles. The van der Waals surface area contributed by atoms with Crippen LogP contribution >= 0.6 is 0 Å². The molecule has 3 heteroatoms. The fraction of sp³-hybridized carbons (Fsp3) is 0.647. The van der Waals surface area contributed by atoms with Gasteiger partial charge >= 0.3 is 0 Å². The van der Waals surface area contributed by atoms with Crippen molar-refractivity contribution in [2.24, 2.45) is 29.1 Å². The Labute approximate surface area is 120 Å². The number of ether oxygens (including phenoxy) is 1. The Hall–Kier alpha value is -1.22. The van der Waals surface area contributed by atoms with Gasteiger partial charge in [-0.05, 0) is 80.5 Å². The smallest absolute Gasteiger partial charge is 0.147 e. The molecular formula is C17H23NO2. The fourth-order valence-corrected chi connectivity index (χ4v) is 5.32. The molecule has 108 valence electrons. The predicted molar refractivity (Wildman–Crippen MR) is 77.4 cm³/mol. The molecule has 1 aromatic carbocycles. The lowest BCUT2D eigenvalue weighted by molar-refractivity contribution is -0.0745. The van der Waals surface area contributed by atoms with Crippen LogP contribution in [0.15, 0.2) is 24.3 Å². The molecule has 0 unspecified atom stereocenters. The van der Waals surface area contributed by atoms with Crippen molar-refractivity contribution in [3.8, 4) is 11.5 Å². The van der Waals surface area contributed by atoms with Crippen molar-refractivity contribution < 1.29 is 9.57 Å². The van der Waals surface area contributed by atoms with Gasteiger partial charge in [-0.2, -0.15) is 5.90 Å². The van der Waals surface area contributed by atoms with Crippen molar-refractivity contribution in [1.82, 2.24) is 0 Å². The first kappa shape index (κ1) is 12.5. The van der Waals surface area contributed by atoms with E-state index in [1.54, 1.807) is 0 Å².